The second kappa shape index (κ2) is 6.59. The number of rotatable bonds is 6. The standard InChI is InChI=1S/C11H18N3O3P/c1-4-6-7-8(15)9-12-10(16)13(5-2)11(17)14(9)18-3/h18H,4-7H2,1-3H3. The molecule has 7 heteroatoms. The summed E-state index contributed by atoms with van der Waals surface area (Å²) in [4.78, 5) is 39.3. The highest BCUT2D eigenvalue weighted by Crippen LogP contribution is 2.10. The van der Waals surface area contributed by atoms with Crippen molar-refractivity contribution in [3.8, 4) is 0 Å². The van der Waals surface area contributed by atoms with Crippen LogP contribution in [0.5, 0.6) is 0 Å². The van der Waals surface area contributed by atoms with E-state index in [1.54, 1.807) is 13.6 Å². The van der Waals surface area contributed by atoms with Crippen molar-refractivity contribution in [2.45, 2.75) is 39.7 Å². The molecule has 1 aromatic heterocycles. The number of hydrogen-bond donors (Lipinski definition) is 0. The van der Waals surface area contributed by atoms with Crippen LogP contribution in [0.2, 0.25) is 0 Å². The Morgan fingerprint density at radius 1 is 1.33 bits per heavy atom. The zero-order valence-corrected chi connectivity index (χ0v) is 11.9. The summed E-state index contributed by atoms with van der Waals surface area (Å²) in [6.45, 7) is 5.72. The van der Waals surface area contributed by atoms with Gasteiger partial charge in [-0.15, -0.1) is 0 Å². The molecule has 18 heavy (non-hydrogen) atoms. The molecule has 0 saturated heterocycles. The third-order valence-corrected chi connectivity index (χ3v) is 3.46. The maximum absolute atomic E-state index is 12.0. The molecule has 0 aliphatic carbocycles. The van der Waals surface area contributed by atoms with Crippen molar-refractivity contribution < 1.29 is 4.79 Å². The van der Waals surface area contributed by atoms with E-state index in [1.165, 1.54) is 4.34 Å². The van der Waals surface area contributed by atoms with Gasteiger partial charge in [-0.3, -0.25) is 9.13 Å². The van der Waals surface area contributed by atoms with Gasteiger partial charge in [0.05, 0.1) is 0 Å². The Bertz CT molecular complexity index is 547. The highest BCUT2D eigenvalue weighted by atomic mass is 31.1. The molecule has 0 spiro atoms. The number of hydrogen-bond acceptors (Lipinski definition) is 4. The van der Waals surface area contributed by atoms with Gasteiger partial charge in [-0.05, 0) is 28.7 Å². The molecule has 0 aliphatic heterocycles. The summed E-state index contributed by atoms with van der Waals surface area (Å²) < 4.78 is 2.33. The normalized spacial score (nSPS) is 11.3. The first-order valence-electron chi connectivity index (χ1n) is 6.01. The molecule has 0 fully saturated rings. The van der Waals surface area contributed by atoms with Crippen LogP contribution in [0.15, 0.2) is 9.59 Å². The molecule has 1 aromatic rings. The lowest BCUT2D eigenvalue weighted by molar-refractivity contribution is 0.0966. The molecule has 1 heterocycles. The first-order chi connectivity index (χ1) is 8.56. The number of aromatic nitrogens is 3. The van der Waals surface area contributed by atoms with Crippen molar-refractivity contribution in [1.82, 2.24) is 13.9 Å². The van der Waals surface area contributed by atoms with Gasteiger partial charge in [0.25, 0.3) is 0 Å². The summed E-state index contributed by atoms with van der Waals surface area (Å²) in [6.07, 6.45) is 1.94. The zero-order valence-electron chi connectivity index (χ0n) is 10.9. The van der Waals surface area contributed by atoms with Crippen molar-refractivity contribution in [3.05, 3.63) is 26.8 Å². The maximum atomic E-state index is 12.0. The van der Waals surface area contributed by atoms with E-state index in [2.05, 4.69) is 4.98 Å². The second-order valence-electron chi connectivity index (χ2n) is 3.83. The van der Waals surface area contributed by atoms with E-state index in [0.717, 1.165) is 17.4 Å². The van der Waals surface area contributed by atoms with Gasteiger partial charge in [-0.1, -0.05) is 13.3 Å². The number of carbonyl (C=O) groups is 1. The van der Waals surface area contributed by atoms with Crippen LogP contribution in [-0.2, 0) is 6.54 Å². The predicted molar refractivity (Wildman–Crippen MR) is 71.9 cm³/mol. The molecule has 1 rings (SSSR count). The fourth-order valence-corrected chi connectivity index (χ4v) is 2.30. The SMILES string of the molecule is CCCCC(=O)c1nc(=O)n(CC)c(=O)n1PC. The zero-order chi connectivity index (χ0) is 13.7. The molecule has 0 N–H and O–H groups in total. The molecular formula is C11H18N3O3P. The minimum absolute atomic E-state index is 0.00369. The highest BCUT2D eigenvalue weighted by Gasteiger charge is 2.16. The van der Waals surface area contributed by atoms with Gasteiger partial charge < -0.3 is 0 Å². The van der Waals surface area contributed by atoms with E-state index in [0.29, 0.717) is 6.42 Å². The molecule has 0 bridgehead atoms. The monoisotopic (exact) mass is 271 g/mol. The van der Waals surface area contributed by atoms with Crippen molar-refractivity contribution in [2.75, 3.05) is 6.66 Å². The lowest BCUT2D eigenvalue weighted by Crippen LogP contribution is -2.42. The predicted octanol–water partition coefficient (Wildman–Crippen LogP) is 0.869. The highest BCUT2D eigenvalue weighted by molar-refractivity contribution is 7.35. The fourth-order valence-electron chi connectivity index (χ4n) is 1.60. The Morgan fingerprint density at radius 2 is 2.00 bits per heavy atom. The molecule has 100 valence electrons. The van der Waals surface area contributed by atoms with E-state index in [-0.39, 0.29) is 26.9 Å². The van der Waals surface area contributed by atoms with Gasteiger partial charge in [0.15, 0.2) is 11.6 Å². The summed E-state index contributed by atoms with van der Waals surface area (Å²) in [5.41, 5.74) is -1.09. The van der Waals surface area contributed by atoms with Crippen molar-refractivity contribution in [2.24, 2.45) is 0 Å². The molecule has 0 radical (unpaired) electrons. The topological polar surface area (TPSA) is 74.0 Å². The smallest absolute Gasteiger partial charge is 0.291 e. The van der Waals surface area contributed by atoms with Crippen molar-refractivity contribution in [1.29, 1.82) is 0 Å². The number of unbranched alkanes of at least 4 members (excludes halogenated alkanes) is 1. The molecule has 1 atom stereocenters. The molecule has 0 aliphatic rings. The minimum Gasteiger partial charge on any atom is -0.291 e. The van der Waals surface area contributed by atoms with Gasteiger partial charge >= 0.3 is 11.4 Å². The summed E-state index contributed by atoms with van der Waals surface area (Å²) in [6, 6.07) is 0. The number of nitrogens with zero attached hydrogens (tertiary/aromatic N) is 3. The van der Waals surface area contributed by atoms with Crippen LogP contribution in [0.3, 0.4) is 0 Å². The first-order valence-corrected chi connectivity index (χ1v) is 7.46. The molecule has 6 nitrogen and oxygen atoms in total. The van der Waals surface area contributed by atoms with E-state index < -0.39 is 11.4 Å². The van der Waals surface area contributed by atoms with Crippen LogP contribution in [-0.4, -0.2) is 26.3 Å². The largest absolute Gasteiger partial charge is 0.353 e. The summed E-state index contributed by atoms with van der Waals surface area (Å²) >= 11 is 0. The van der Waals surface area contributed by atoms with Gasteiger partial charge in [-0.25, -0.2) is 14.2 Å². The van der Waals surface area contributed by atoms with Crippen LogP contribution in [0.25, 0.3) is 0 Å². The van der Waals surface area contributed by atoms with E-state index in [1.807, 2.05) is 6.92 Å². The maximum Gasteiger partial charge on any atom is 0.353 e. The minimum atomic E-state index is -0.642. The Kier molecular flexibility index (Phi) is 5.41. The van der Waals surface area contributed by atoms with Crippen molar-refractivity contribution in [3.63, 3.8) is 0 Å². The van der Waals surface area contributed by atoms with Gasteiger partial charge in [0, 0.05) is 13.0 Å². The Labute approximate surface area is 107 Å². The van der Waals surface area contributed by atoms with Crippen molar-refractivity contribution >= 4 is 14.5 Å². The lowest BCUT2D eigenvalue weighted by atomic mass is 10.2. The average Bonchev–Trinajstić information content (AvgIpc) is 2.35. The first kappa shape index (κ1) is 14.8. The lowest BCUT2D eigenvalue weighted by Gasteiger charge is -2.10. The van der Waals surface area contributed by atoms with E-state index in [9.17, 15) is 14.4 Å². The third-order valence-electron chi connectivity index (χ3n) is 2.61. The van der Waals surface area contributed by atoms with Gasteiger partial charge in [0.1, 0.15) is 0 Å². The molecule has 0 aromatic carbocycles. The quantitative estimate of drug-likeness (QED) is 0.568. The Balaban J connectivity index is 3.33. The summed E-state index contributed by atoms with van der Waals surface area (Å²) in [5.74, 6) is -0.229. The summed E-state index contributed by atoms with van der Waals surface area (Å²) in [7, 11) is 0.0825. The van der Waals surface area contributed by atoms with Crippen LogP contribution in [0.1, 0.15) is 43.7 Å². The van der Waals surface area contributed by atoms with Crippen LogP contribution in [0.4, 0.5) is 0 Å². The van der Waals surface area contributed by atoms with Gasteiger partial charge in [0.2, 0.25) is 0 Å². The fraction of sp³-hybridized carbons (Fsp3) is 0.636. The molecule has 0 amide bonds. The molecule has 0 saturated carbocycles. The summed E-state index contributed by atoms with van der Waals surface area (Å²) in [5, 5.41) is 0. The van der Waals surface area contributed by atoms with Crippen LogP contribution >= 0.6 is 8.73 Å². The average molecular weight is 271 g/mol. The number of carbonyl (C=O) groups excluding carboxylic acids is 1. The van der Waals surface area contributed by atoms with Gasteiger partial charge in [-0.2, -0.15) is 4.98 Å². The van der Waals surface area contributed by atoms with E-state index in [4.69, 9.17) is 0 Å². The Morgan fingerprint density at radius 3 is 2.50 bits per heavy atom. The molecular weight excluding hydrogens is 253 g/mol. The third kappa shape index (κ3) is 2.93. The molecule has 1 unspecified atom stereocenters. The van der Waals surface area contributed by atoms with Crippen LogP contribution in [0, 0.1) is 0 Å². The number of ketones is 1. The second-order valence-corrected chi connectivity index (χ2v) is 4.72. The number of Topliss-reactive ketones (excluding diaryl/α,β-unsaturated/α-hetero) is 1. The van der Waals surface area contributed by atoms with E-state index >= 15 is 0 Å². The van der Waals surface area contributed by atoms with Crippen LogP contribution < -0.4 is 11.4 Å². The Hall–Kier alpha value is -1.29.